The predicted octanol–water partition coefficient (Wildman–Crippen LogP) is 3.19. The van der Waals surface area contributed by atoms with Crippen molar-refractivity contribution < 1.29 is 4.79 Å². The van der Waals surface area contributed by atoms with Crippen molar-refractivity contribution in [2.45, 2.75) is 6.92 Å². The zero-order valence-electron chi connectivity index (χ0n) is 9.73. The first-order valence-corrected chi connectivity index (χ1v) is 6.40. The molecule has 3 rings (SSSR count). The molecule has 5 heteroatoms. The Bertz CT molecular complexity index is 714. The Morgan fingerprint density at radius 2 is 2.28 bits per heavy atom. The minimum atomic E-state index is -0.0769. The average Bonchev–Trinajstić information content (AvgIpc) is 2.96. The van der Waals surface area contributed by atoms with Crippen LogP contribution >= 0.6 is 11.3 Å². The Morgan fingerprint density at radius 3 is 3.06 bits per heavy atom. The summed E-state index contributed by atoms with van der Waals surface area (Å²) in [6, 6.07) is 7.56. The molecule has 0 saturated heterocycles. The molecule has 0 aliphatic heterocycles. The number of fused-ring (bicyclic) bond motifs is 1. The highest BCUT2D eigenvalue weighted by molar-refractivity contribution is 7.12. The van der Waals surface area contributed by atoms with Crippen molar-refractivity contribution in [1.29, 1.82) is 0 Å². The lowest BCUT2D eigenvalue weighted by molar-refractivity contribution is 0.103. The van der Waals surface area contributed by atoms with Gasteiger partial charge in [0.05, 0.1) is 16.6 Å². The lowest BCUT2D eigenvalue weighted by Crippen LogP contribution is -2.09. The summed E-state index contributed by atoms with van der Waals surface area (Å²) in [6.07, 6.45) is 1.75. The minimum absolute atomic E-state index is 0.0769. The number of aryl methyl sites for hydroxylation is 1. The number of carbonyl (C=O) groups is 1. The summed E-state index contributed by atoms with van der Waals surface area (Å²) in [5.74, 6) is -0.0769. The molecule has 0 fully saturated rings. The molecule has 0 aliphatic carbocycles. The van der Waals surface area contributed by atoms with Crippen molar-refractivity contribution in [3.8, 4) is 0 Å². The highest BCUT2D eigenvalue weighted by atomic mass is 32.1. The number of amides is 1. The summed E-state index contributed by atoms with van der Waals surface area (Å²) in [6.45, 7) is 1.98. The zero-order chi connectivity index (χ0) is 12.5. The van der Waals surface area contributed by atoms with Gasteiger partial charge in [0.2, 0.25) is 0 Å². The number of anilines is 1. The van der Waals surface area contributed by atoms with E-state index in [1.54, 1.807) is 6.20 Å². The third kappa shape index (κ3) is 2.00. The van der Waals surface area contributed by atoms with Gasteiger partial charge in [0.25, 0.3) is 5.91 Å². The number of H-pyrrole nitrogens is 1. The molecule has 0 radical (unpaired) electrons. The maximum absolute atomic E-state index is 12.0. The van der Waals surface area contributed by atoms with Crippen molar-refractivity contribution in [2.75, 3.05) is 5.32 Å². The Labute approximate surface area is 108 Å². The molecular weight excluding hydrogens is 246 g/mol. The molecule has 18 heavy (non-hydrogen) atoms. The van der Waals surface area contributed by atoms with Crippen LogP contribution in [0.25, 0.3) is 10.9 Å². The number of nitrogens with one attached hydrogen (secondary N) is 2. The number of hydrogen-bond acceptors (Lipinski definition) is 3. The summed E-state index contributed by atoms with van der Waals surface area (Å²) >= 11 is 1.45. The van der Waals surface area contributed by atoms with Crippen molar-refractivity contribution in [2.24, 2.45) is 0 Å². The second-order valence-corrected chi connectivity index (χ2v) is 5.03. The van der Waals surface area contributed by atoms with E-state index in [1.165, 1.54) is 11.3 Å². The van der Waals surface area contributed by atoms with Crippen LogP contribution in [0.3, 0.4) is 0 Å². The number of hydrogen-bond donors (Lipinski definition) is 2. The summed E-state index contributed by atoms with van der Waals surface area (Å²) in [5.41, 5.74) is 2.78. The molecule has 0 aliphatic rings. The van der Waals surface area contributed by atoms with E-state index in [0.29, 0.717) is 0 Å². The standard InChI is InChI=1S/C13H11N3OS/c1-8-4-12(18-7-8)13(17)15-10-3-2-9-6-14-16-11(9)5-10/h2-7H,1H3,(H,14,16)(H,15,17). The molecule has 1 amide bonds. The van der Waals surface area contributed by atoms with Gasteiger partial charge in [0.15, 0.2) is 0 Å². The Kier molecular flexibility index (Phi) is 2.60. The van der Waals surface area contributed by atoms with Crippen LogP contribution in [-0.4, -0.2) is 16.1 Å². The van der Waals surface area contributed by atoms with E-state index in [0.717, 1.165) is 27.0 Å². The summed E-state index contributed by atoms with van der Waals surface area (Å²) in [7, 11) is 0. The van der Waals surface area contributed by atoms with E-state index in [4.69, 9.17) is 0 Å². The Hall–Kier alpha value is -2.14. The monoisotopic (exact) mass is 257 g/mol. The molecule has 4 nitrogen and oxygen atoms in total. The Morgan fingerprint density at radius 1 is 1.39 bits per heavy atom. The van der Waals surface area contributed by atoms with Gasteiger partial charge in [-0.25, -0.2) is 0 Å². The molecule has 0 bridgehead atoms. The molecule has 3 aromatic rings. The van der Waals surface area contributed by atoms with Gasteiger partial charge in [-0.1, -0.05) is 0 Å². The number of nitrogens with zero attached hydrogens (tertiary/aromatic N) is 1. The number of carbonyl (C=O) groups excluding carboxylic acids is 1. The number of thiophene rings is 1. The van der Waals surface area contributed by atoms with Gasteiger partial charge in [-0.05, 0) is 42.1 Å². The van der Waals surface area contributed by atoms with Gasteiger partial charge in [0.1, 0.15) is 0 Å². The van der Waals surface area contributed by atoms with Crippen LogP contribution in [0.2, 0.25) is 0 Å². The smallest absolute Gasteiger partial charge is 0.265 e. The molecule has 0 spiro atoms. The van der Waals surface area contributed by atoms with Gasteiger partial charge >= 0.3 is 0 Å². The quantitative estimate of drug-likeness (QED) is 0.740. The maximum atomic E-state index is 12.0. The topological polar surface area (TPSA) is 57.8 Å². The molecule has 90 valence electrons. The average molecular weight is 257 g/mol. The van der Waals surface area contributed by atoms with E-state index in [2.05, 4.69) is 15.5 Å². The largest absolute Gasteiger partial charge is 0.321 e. The fourth-order valence-electron chi connectivity index (χ4n) is 1.76. The number of aromatic amines is 1. The predicted molar refractivity (Wildman–Crippen MR) is 73.1 cm³/mol. The van der Waals surface area contributed by atoms with Gasteiger partial charge in [-0.15, -0.1) is 11.3 Å². The lowest BCUT2D eigenvalue weighted by atomic mass is 10.2. The van der Waals surface area contributed by atoms with E-state index in [9.17, 15) is 4.79 Å². The first kappa shape index (κ1) is 11.0. The van der Waals surface area contributed by atoms with Crippen molar-refractivity contribution >= 4 is 33.8 Å². The molecule has 1 aromatic carbocycles. The van der Waals surface area contributed by atoms with Crippen LogP contribution in [0.4, 0.5) is 5.69 Å². The van der Waals surface area contributed by atoms with Crippen LogP contribution < -0.4 is 5.32 Å². The third-order valence-electron chi connectivity index (χ3n) is 2.65. The van der Waals surface area contributed by atoms with E-state index in [-0.39, 0.29) is 5.91 Å². The summed E-state index contributed by atoms with van der Waals surface area (Å²) in [4.78, 5) is 12.7. The number of benzene rings is 1. The molecule has 0 unspecified atom stereocenters. The van der Waals surface area contributed by atoms with Gasteiger partial charge in [-0.2, -0.15) is 5.10 Å². The van der Waals surface area contributed by atoms with Crippen LogP contribution in [0.5, 0.6) is 0 Å². The second kappa shape index (κ2) is 4.27. The summed E-state index contributed by atoms with van der Waals surface area (Å²) in [5, 5.41) is 12.7. The van der Waals surface area contributed by atoms with Crippen LogP contribution in [-0.2, 0) is 0 Å². The normalized spacial score (nSPS) is 10.7. The minimum Gasteiger partial charge on any atom is -0.321 e. The fourth-order valence-corrected chi connectivity index (χ4v) is 2.55. The molecule has 2 heterocycles. The van der Waals surface area contributed by atoms with Crippen LogP contribution in [0, 0.1) is 6.92 Å². The maximum Gasteiger partial charge on any atom is 0.265 e. The summed E-state index contributed by atoms with van der Waals surface area (Å²) < 4.78 is 0. The first-order chi connectivity index (χ1) is 8.72. The highest BCUT2D eigenvalue weighted by Gasteiger charge is 2.08. The molecular formula is C13H11N3OS. The van der Waals surface area contributed by atoms with E-state index < -0.39 is 0 Å². The zero-order valence-corrected chi connectivity index (χ0v) is 10.5. The molecule has 2 aromatic heterocycles. The van der Waals surface area contributed by atoms with Crippen LogP contribution in [0.1, 0.15) is 15.2 Å². The van der Waals surface area contributed by atoms with Gasteiger partial charge < -0.3 is 5.32 Å². The van der Waals surface area contributed by atoms with Crippen molar-refractivity contribution in [3.63, 3.8) is 0 Å². The van der Waals surface area contributed by atoms with Gasteiger partial charge in [-0.3, -0.25) is 9.89 Å². The third-order valence-corrected chi connectivity index (χ3v) is 3.70. The number of rotatable bonds is 2. The second-order valence-electron chi connectivity index (χ2n) is 4.11. The molecule has 2 N–H and O–H groups in total. The van der Waals surface area contributed by atoms with E-state index in [1.807, 2.05) is 36.6 Å². The first-order valence-electron chi connectivity index (χ1n) is 5.52. The fraction of sp³-hybridized carbons (Fsp3) is 0.0769. The lowest BCUT2D eigenvalue weighted by Gasteiger charge is -2.03. The SMILES string of the molecule is Cc1csc(C(=O)Nc2ccc3cn[nH]c3c2)c1. The Balaban J connectivity index is 1.85. The van der Waals surface area contributed by atoms with E-state index >= 15 is 0 Å². The molecule has 0 atom stereocenters. The van der Waals surface area contributed by atoms with Crippen LogP contribution in [0.15, 0.2) is 35.8 Å². The molecule has 0 saturated carbocycles. The van der Waals surface area contributed by atoms with Gasteiger partial charge in [0, 0.05) is 11.1 Å². The van der Waals surface area contributed by atoms with Crippen molar-refractivity contribution in [3.05, 3.63) is 46.3 Å². The van der Waals surface area contributed by atoms with Crippen molar-refractivity contribution in [1.82, 2.24) is 10.2 Å². The number of aromatic nitrogens is 2. The highest BCUT2D eigenvalue weighted by Crippen LogP contribution is 2.19.